The fourth-order valence-corrected chi connectivity index (χ4v) is 4.40. The minimum Gasteiger partial charge on any atom is -0.496 e. The lowest BCUT2D eigenvalue weighted by molar-refractivity contribution is -0.130. The lowest BCUT2D eigenvalue weighted by atomic mass is 10.2. The van der Waals surface area contributed by atoms with Crippen molar-refractivity contribution in [2.45, 2.75) is 49.6 Å². The maximum atomic E-state index is 12.9. The number of hydrogen-bond acceptors (Lipinski definition) is 5. The summed E-state index contributed by atoms with van der Waals surface area (Å²) in [6.45, 7) is 8.09. The second-order valence-corrected chi connectivity index (χ2v) is 8.21. The highest BCUT2D eigenvalue weighted by Crippen LogP contribution is 2.32. The average Bonchev–Trinajstić information content (AvgIpc) is 2.93. The minimum absolute atomic E-state index is 0.180. The smallest absolute Gasteiger partial charge is 0.235 e. The first-order chi connectivity index (χ1) is 13.7. The number of para-hydroxylation sites is 1. The molecule has 1 aromatic carbocycles. The molecule has 1 saturated heterocycles. The molecule has 2 aromatic rings. The van der Waals surface area contributed by atoms with Crippen molar-refractivity contribution in [2.24, 2.45) is 0 Å². The summed E-state index contributed by atoms with van der Waals surface area (Å²) in [7, 11) is 1.64. The first-order valence-corrected chi connectivity index (χ1v) is 10.7. The Labute approximate surface area is 171 Å². The SMILES string of the molecule is C=CCn1c(S[C@H](C)C(=O)N2CCCCCC2)nnc1-c1ccccc1OC. The van der Waals surface area contributed by atoms with E-state index in [1.807, 2.05) is 46.7 Å². The number of thioether (sulfide) groups is 1. The molecule has 0 bridgehead atoms. The Bertz CT molecular complexity index is 812. The van der Waals surface area contributed by atoms with Gasteiger partial charge in [-0.1, -0.05) is 42.8 Å². The van der Waals surface area contributed by atoms with Crippen LogP contribution in [0.15, 0.2) is 42.1 Å². The molecule has 0 radical (unpaired) electrons. The van der Waals surface area contributed by atoms with Crippen LogP contribution >= 0.6 is 11.8 Å². The van der Waals surface area contributed by atoms with Gasteiger partial charge in [0.2, 0.25) is 5.91 Å². The number of carbonyl (C=O) groups is 1. The Hall–Kier alpha value is -2.28. The van der Waals surface area contributed by atoms with Crippen LogP contribution in [-0.2, 0) is 11.3 Å². The van der Waals surface area contributed by atoms with E-state index in [0.717, 1.165) is 42.4 Å². The number of amides is 1. The van der Waals surface area contributed by atoms with Crippen LogP contribution < -0.4 is 4.74 Å². The van der Waals surface area contributed by atoms with Crippen LogP contribution in [0.5, 0.6) is 5.75 Å². The normalized spacial score (nSPS) is 15.7. The van der Waals surface area contributed by atoms with E-state index in [9.17, 15) is 4.79 Å². The maximum Gasteiger partial charge on any atom is 0.235 e. The van der Waals surface area contributed by atoms with E-state index in [4.69, 9.17) is 4.74 Å². The molecule has 28 heavy (non-hydrogen) atoms. The quantitative estimate of drug-likeness (QED) is 0.519. The topological polar surface area (TPSA) is 60.2 Å². The number of aromatic nitrogens is 3. The molecule has 1 aromatic heterocycles. The molecule has 1 fully saturated rings. The van der Waals surface area contributed by atoms with Gasteiger partial charge in [-0.25, -0.2) is 0 Å². The highest BCUT2D eigenvalue weighted by Gasteiger charge is 2.25. The van der Waals surface area contributed by atoms with Crippen molar-refractivity contribution < 1.29 is 9.53 Å². The molecular weight excluding hydrogens is 372 g/mol. The summed E-state index contributed by atoms with van der Waals surface area (Å²) in [5.74, 6) is 1.64. The van der Waals surface area contributed by atoms with E-state index in [0.29, 0.717) is 12.4 Å². The second kappa shape index (κ2) is 9.78. The zero-order valence-corrected chi connectivity index (χ0v) is 17.5. The molecule has 0 aliphatic carbocycles. The van der Waals surface area contributed by atoms with Crippen molar-refractivity contribution in [2.75, 3.05) is 20.2 Å². The Morgan fingerprint density at radius 2 is 1.96 bits per heavy atom. The minimum atomic E-state index is -0.212. The van der Waals surface area contributed by atoms with Gasteiger partial charge in [-0.2, -0.15) is 0 Å². The number of allylic oxidation sites excluding steroid dienone is 1. The lowest BCUT2D eigenvalue weighted by Crippen LogP contribution is -2.37. The molecule has 1 aliphatic heterocycles. The zero-order chi connectivity index (χ0) is 19.9. The van der Waals surface area contributed by atoms with Gasteiger partial charge in [0.15, 0.2) is 11.0 Å². The third-order valence-corrected chi connectivity index (χ3v) is 5.99. The van der Waals surface area contributed by atoms with Gasteiger partial charge in [-0.15, -0.1) is 16.8 Å². The summed E-state index contributed by atoms with van der Waals surface area (Å²) in [5, 5.41) is 9.27. The van der Waals surface area contributed by atoms with Crippen LogP contribution in [0.25, 0.3) is 11.4 Å². The summed E-state index contributed by atoms with van der Waals surface area (Å²) >= 11 is 1.46. The number of likely N-dealkylation sites (tertiary alicyclic amines) is 1. The van der Waals surface area contributed by atoms with E-state index in [-0.39, 0.29) is 11.2 Å². The second-order valence-electron chi connectivity index (χ2n) is 6.91. The molecule has 2 heterocycles. The molecule has 1 aliphatic rings. The molecule has 0 N–H and O–H groups in total. The monoisotopic (exact) mass is 400 g/mol. The van der Waals surface area contributed by atoms with Gasteiger partial charge in [0, 0.05) is 19.6 Å². The third-order valence-electron chi connectivity index (χ3n) is 4.92. The number of nitrogens with zero attached hydrogens (tertiary/aromatic N) is 4. The highest BCUT2D eigenvalue weighted by atomic mass is 32.2. The van der Waals surface area contributed by atoms with Crippen LogP contribution in [0.2, 0.25) is 0 Å². The standard InChI is InChI=1S/C21H28N4O2S/c1-4-13-25-19(17-11-7-8-12-18(17)27-3)22-23-21(25)28-16(2)20(26)24-14-9-5-6-10-15-24/h4,7-8,11-12,16H,1,5-6,9-10,13-15H2,2-3H3/t16-/m1/s1. The summed E-state index contributed by atoms with van der Waals surface area (Å²) < 4.78 is 7.47. The van der Waals surface area contributed by atoms with E-state index >= 15 is 0 Å². The molecule has 0 spiro atoms. The molecule has 0 saturated carbocycles. The Morgan fingerprint density at radius 3 is 2.64 bits per heavy atom. The maximum absolute atomic E-state index is 12.9. The molecule has 3 rings (SSSR count). The van der Waals surface area contributed by atoms with Crippen molar-refractivity contribution in [3.05, 3.63) is 36.9 Å². The van der Waals surface area contributed by atoms with Crippen molar-refractivity contribution in [3.8, 4) is 17.1 Å². The van der Waals surface area contributed by atoms with E-state index < -0.39 is 0 Å². The largest absolute Gasteiger partial charge is 0.496 e. The van der Waals surface area contributed by atoms with Gasteiger partial charge in [-0.3, -0.25) is 9.36 Å². The first-order valence-electron chi connectivity index (χ1n) is 9.78. The molecule has 7 heteroatoms. The number of benzene rings is 1. The fourth-order valence-electron chi connectivity index (χ4n) is 3.45. The zero-order valence-electron chi connectivity index (χ0n) is 16.6. The average molecular weight is 401 g/mol. The number of hydrogen-bond donors (Lipinski definition) is 0. The Kier molecular flexibility index (Phi) is 7.14. The number of methoxy groups -OCH3 is 1. The van der Waals surface area contributed by atoms with E-state index in [1.54, 1.807) is 7.11 Å². The van der Waals surface area contributed by atoms with Crippen molar-refractivity contribution in [1.29, 1.82) is 0 Å². The predicted molar refractivity (Wildman–Crippen MR) is 113 cm³/mol. The van der Waals surface area contributed by atoms with E-state index in [1.165, 1.54) is 24.6 Å². The van der Waals surface area contributed by atoms with Gasteiger partial charge in [0.05, 0.1) is 17.9 Å². The molecule has 6 nitrogen and oxygen atoms in total. The summed E-state index contributed by atoms with van der Waals surface area (Å²) in [6.07, 6.45) is 6.41. The lowest BCUT2D eigenvalue weighted by Gasteiger charge is -2.23. The third kappa shape index (κ3) is 4.58. The Morgan fingerprint density at radius 1 is 1.25 bits per heavy atom. The summed E-state index contributed by atoms with van der Waals surface area (Å²) in [6, 6.07) is 7.74. The first kappa shape index (κ1) is 20.5. The van der Waals surface area contributed by atoms with Crippen molar-refractivity contribution in [1.82, 2.24) is 19.7 Å². The number of ether oxygens (including phenoxy) is 1. The van der Waals surface area contributed by atoms with Gasteiger partial charge < -0.3 is 9.64 Å². The van der Waals surface area contributed by atoms with Gasteiger partial charge in [0.1, 0.15) is 5.75 Å². The van der Waals surface area contributed by atoms with Crippen LogP contribution in [0.4, 0.5) is 0 Å². The van der Waals surface area contributed by atoms with Crippen LogP contribution in [-0.4, -0.2) is 51.0 Å². The molecule has 1 amide bonds. The fraction of sp³-hybridized carbons (Fsp3) is 0.476. The van der Waals surface area contributed by atoms with E-state index in [2.05, 4.69) is 16.8 Å². The highest BCUT2D eigenvalue weighted by molar-refractivity contribution is 8.00. The number of rotatable bonds is 7. The van der Waals surface area contributed by atoms with Crippen LogP contribution in [0.1, 0.15) is 32.6 Å². The van der Waals surface area contributed by atoms with Gasteiger partial charge in [-0.05, 0) is 31.9 Å². The van der Waals surface area contributed by atoms with Crippen LogP contribution in [0, 0.1) is 0 Å². The molecule has 150 valence electrons. The summed E-state index contributed by atoms with van der Waals surface area (Å²) in [4.78, 5) is 14.9. The Balaban J connectivity index is 1.83. The molecule has 0 unspecified atom stereocenters. The molecular formula is C21H28N4O2S. The van der Waals surface area contributed by atoms with Gasteiger partial charge in [0.25, 0.3) is 0 Å². The summed E-state index contributed by atoms with van der Waals surface area (Å²) in [5.41, 5.74) is 0.873. The van der Waals surface area contributed by atoms with Gasteiger partial charge >= 0.3 is 0 Å². The molecule has 1 atom stereocenters. The predicted octanol–water partition coefficient (Wildman–Crippen LogP) is 4.02. The van der Waals surface area contributed by atoms with Crippen molar-refractivity contribution in [3.63, 3.8) is 0 Å². The van der Waals surface area contributed by atoms with Crippen LogP contribution in [0.3, 0.4) is 0 Å². The van der Waals surface area contributed by atoms with Crippen molar-refractivity contribution >= 4 is 17.7 Å². The number of carbonyl (C=O) groups excluding carboxylic acids is 1.